The first-order valence-electron chi connectivity index (χ1n) is 3.42. The van der Waals surface area contributed by atoms with Gasteiger partial charge >= 0.3 is 0 Å². The predicted octanol–water partition coefficient (Wildman–Crippen LogP) is 3.00. The molecule has 0 aliphatic heterocycles. The summed E-state index contributed by atoms with van der Waals surface area (Å²) < 4.78 is 0. The average Bonchev–Trinajstić information content (AvgIpc) is 1.83. The molecule has 0 aromatic carbocycles. The van der Waals surface area contributed by atoms with Crippen LogP contribution in [0.5, 0.6) is 0 Å². The van der Waals surface area contributed by atoms with Crippen molar-refractivity contribution in [1.82, 2.24) is 0 Å². The van der Waals surface area contributed by atoms with Crippen molar-refractivity contribution in [3.8, 4) is 0 Å². The molecular weight excluding hydrogens is 96.1 g/mol. The zero-order valence-corrected chi connectivity index (χ0v) is 6.15. The van der Waals surface area contributed by atoms with Crippen molar-refractivity contribution < 1.29 is 0 Å². The highest BCUT2D eigenvalue weighted by molar-refractivity contribution is 4.78. The summed E-state index contributed by atoms with van der Waals surface area (Å²) >= 11 is 0. The van der Waals surface area contributed by atoms with Crippen molar-refractivity contribution in [2.24, 2.45) is 5.92 Å². The second kappa shape index (κ2) is 4.89. The molecule has 0 aliphatic carbocycles. The molecule has 0 fully saturated rings. The molecule has 0 heteroatoms. The second-order valence-electron chi connectivity index (χ2n) is 2.32. The van der Waals surface area contributed by atoms with E-state index in [1.54, 1.807) is 0 Å². The number of allylic oxidation sites excluding steroid dienone is 2. The summed E-state index contributed by atoms with van der Waals surface area (Å²) in [5.74, 6) is 0.867. The maximum absolute atomic E-state index is 2.28. The summed E-state index contributed by atoms with van der Waals surface area (Å²) in [6, 6.07) is 0. The maximum Gasteiger partial charge on any atom is -0.0325 e. The Morgan fingerprint density at radius 1 is 1.50 bits per heavy atom. The van der Waals surface area contributed by atoms with E-state index in [4.69, 9.17) is 0 Å². The van der Waals surface area contributed by atoms with Crippen LogP contribution in [0.4, 0.5) is 0 Å². The Balaban J connectivity index is 3.10. The third-order valence-corrected chi connectivity index (χ3v) is 1.47. The van der Waals surface area contributed by atoms with Crippen LogP contribution in [0.2, 0.25) is 0 Å². The molecule has 0 radical (unpaired) electrons. The van der Waals surface area contributed by atoms with Crippen LogP contribution in [0, 0.1) is 5.92 Å². The number of rotatable bonds is 3. The van der Waals surface area contributed by atoms with E-state index in [9.17, 15) is 0 Å². The molecule has 0 spiro atoms. The summed E-state index contributed by atoms with van der Waals surface area (Å²) in [4.78, 5) is 0. The third kappa shape index (κ3) is 3.91. The van der Waals surface area contributed by atoms with Gasteiger partial charge in [0.15, 0.2) is 0 Å². The molecular formula is C8H16. The fourth-order valence-electron chi connectivity index (χ4n) is 0.535. The second-order valence-corrected chi connectivity index (χ2v) is 2.32. The molecule has 1 atom stereocenters. The quantitative estimate of drug-likeness (QED) is 0.492. The van der Waals surface area contributed by atoms with Crippen molar-refractivity contribution in [1.29, 1.82) is 0 Å². The highest BCUT2D eigenvalue weighted by Gasteiger charge is 1.91. The van der Waals surface area contributed by atoms with Crippen molar-refractivity contribution in [2.45, 2.75) is 33.6 Å². The summed E-state index contributed by atoms with van der Waals surface area (Å²) in [6.07, 6.45) is 6.89. The fraction of sp³-hybridized carbons (Fsp3) is 0.750. The van der Waals surface area contributed by atoms with Gasteiger partial charge in [-0.15, -0.1) is 0 Å². The van der Waals surface area contributed by atoms with Crippen molar-refractivity contribution in [3.05, 3.63) is 12.2 Å². The molecule has 8 heavy (non-hydrogen) atoms. The maximum atomic E-state index is 2.28. The van der Waals surface area contributed by atoms with E-state index in [-0.39, 0.29) is 0 Å². The molecule has 0 saturated carbocycles. The van der Waals surface area contributed by atoms with E-state index in [2.05, 4.69) is 32.9 Å². The van der Waals surface area contributed by atoms with Gasteiger partial charge in [0.05, 0.1) is 0 Å². The van der Waals surface area contributed by atoms with Crippen LogP contribution in [0.1, 0.15) is 33.6 Å². The summed E-state index contributed by atoms with van der Waals surface area (Å²) in [5, 5.41) is 0. The molecule has 0 heterocycles. The first-order valence-corrected chi connectivity index (χ1v) is 3.42. The van der Waals surface area contributed by atoms with E-state index < -0.39 is 0 Å². The first-order chi connectivity index (χ1) is 3.81. The Morgan fingerprint density at radius 2 is 2.12 bits per heavy atom. The largest absolute Gasteiger partial charge is 0.0917 e. The Bertz CT molecular complexity index is 62.4. The van der Waals surface area contributed by atoms with Crippen LogP contribution in [-0.4, -0.2) is 0 Å². The summed E-state index contributed by atoms with van der Waals surface area (Å²) in [5.41, 5.74) is 0. The molecule has 0 saturated heterocycles. The Morgan fingerprint density at radius 3 is 2.50 bits per heavy atom. The van der Waals surface area contributed by atoms with Crippen molar-refractivity contribution >= 4 is 0 Å². The normalized spacial score (nSPS) is 14.9. The lowest BCUT2D eigenvalue weighted by atomic mass is 10.1. The number of hydrogen-bond donors (Lipinski definition) is 0. The van der Waals surface area contributed by atoms with Gasteiger partial charge in [-0.3, -0.25) is 0 Å². The molecule has 0 bridgehead atoms. The van der Waals surface area contributed by atoms with Crippen LogP contribution in [0.15, 0.2) is 12.2 Å². The lowest BCUT2D eigenvalue weighted by Gasteiger charge is -2.00. The van der Waals surface area contributed by atoms with Gasteiger partial charge in [0.2, 0.25) is 0 Å². The van der Waals surface area contributed by atoms with Gasteiger partial charge in [0.25, 0.3) is 0 Å². The molecule has 0 aromatic rings. The van der Waals surface area contributed by atoms with Gasteiger partial charge in [-0.1, -0.05) is 32.4 Å². The molecule has 48 valence electrons. The minimum Gasteiger partial charge on any atom is -0.0917 e. The lowest BCUT2D eigenvalue weighted by Crippen LogP contribution is -1.86. The zero-order valence-electron chi connectivity index (χ0n) is 6.15. The minimum atomic E-state index is 0.867. The molecule has 0 unspecified atom stereocenters. The van der Waals surface area contributed by atoms with Crippen LogP contribution in [-0.2, 0) is 0 Å². The van der Waals surface area contributed by atoms with Gasteiger partial charge in [0.1, 0.15) is 0 Å². The Kier molecular flexibility index (Phi) is 4.73. The third-order valence-electron chi connectivity index (χ3n) is 1.47. The van der Waals surface area contributed by atoms with Crippen LogP contribution in [0.3, 0.4) is 0 Å². The van der Waals surface area contributed by atoms with Gasteiger partial charge in [-0.05, 0) is 19.3 Å². The van der Waals surface area contributed by atoms with Crippen LogP contribution >= 0.6 is 0 Å². The van der Waals surface area contributed by atoms with Crippen molar-refractivity contribution in [2.75, 3.05) is 0 Å². The van der Waals surface area contributed by atoms with Crippen molar-refractivity contribution in [3.63, 3.8) is 0 Å². The molecule has 0 aromatic heterocycles. The average molecular weight is 112 g/mol. The predicted molar refractivity (Wildman–Crippen MR) is 38.9 cm³/mol. The van der Waals surface area contributed by atoms with Crippen LogP contribution in [0.25, 0.3) is 0 Å². The van der Waals surface area contributed by atoms with Gasteiger partial charge in [-0.2, -0.15) is 0 Å². The first kappa shape index (κ1) is 7.74. The summed E-state index contributed by atoms with van der Waals surface area (Å²) in [7, 11) is 0. The number of hydrogen-bond acceptors (Lipinski definition) is 0. The Hall–Kier alpha value is -0.260. The van der Waals surface area contributed by atoms with E-state index in [0.29, 0.717) is 0 Å². The fourth-order valence-corrected chi connectivity index (χ4v) is 0.535. The molecule has 0 aliphatic rings. The van der Waals surface area contributed by atoms with Crippen LogP contribution < -0.4 is 0 Å². The van der Waals surface area contributed by atoms with Gasteiger partial charge in [-0.25, -0.2) is 0 Å². The van der Waals surface area contributed by atoms with Gasteiger partial charge < -0.3 is 0 Å². The zero-order chi connectivity index (χ0) is 6.41. The highest BCUT2D eigenvalue weighted by atomic mass is 14.0. The SMILES string of the molecule is C/C=C\C[C@H](C)CC. The molecule has 0 nitrogen and oxygen atoms in total. The standard InChI is InChI=1S/C8H16/c1-4-6-7-8(3)5-2/h4,6,8H,5,7H2,1-3H3/b6-4-/t8-/m1/s1. The molecule has 0 amide bonds. The van der Waals surface area contributed by atoms with E-state index in [0.717, 1.165) is 5.92 Å². The van der Waals surface area contributed by atoms with E-state index in [1.165, 1.54) is 12.8 Å². The van der Waals surface area contributed by atoms with Gasteiger partial charge in [0, 0.05) is 0 Å². The molecule has 0 N–H and O–H groups in total. The van der Waals surface area contributed by atoms with E-state index in [1.807, 2.05) is 0 Å². The Labute approximate surface area is 52.6 Å². The lowest BCUT2D eigenvalue weighted by molar-refractivity contribution is 0.572. The smallest absolute Gasteiger partial charge is 0.0325 e. The van der Waals surface area contributed by atoms with E-state index >= 15 is 0 Å². The minimum absolute atomic E-state index is 0.867. The highest BCUT2D eigenvalue weighted by Crippen LogP contribution is 2.05. The summed E-state index contributed by atoms with van der Waals surface area (Å²) in [6.45, 7) is 6.58. The topological polar surface area (TPSA) is 0 Å². The molecule has 0 rings (SSSR count). The monoisotopic (exact) mass is 112 g/mol.